The van der Waals surface area contributed by atoms with Gasteiger partial charge in [-0.1, -0.05) is 6.07 Å². The third-order valence-electron chi connectivity index (χ3n) is 7.62. The Kier molecular flexibility index (Phi) is 6.02. The molecule has 6 heterocycles. The minimum absolute atomic E-state index is 0.00492. The lowest BCUT2D eigenvalue weighted by Gasteiger charge is -2.39. The van der Waals surface area contributed by atoms with Crippen LogP contribution in [0.3, 0.4) is 0 Å². The first-order valence-corrected chi connectivity index (χ1v) is 13.2. The molecule has 0 atom stereocenters. The summed E-state index contributed by atoms with van der Waals surface area (Å²) in [7, 11) is 0. The molecule has 41 heavy (non-hydrogen) atoms. The Balaban J connectivity index is 1.14. The van der Waals surface area contributed by atoms with Crippen LogP contribution in [-0.4, -0.2) is 61.2 Å². The fourth-order valence-electron chi connectivity index (χ4n) is 5.26. The van der Waals surface area contributed by atoms with Crippen molar-refractivity contribution in [3.05, 3.63) is 88.5 Å². The second kappa shape index (κ2) is 9.75. The minimum atomic E-state index is -0.842. The van der Waals surface area contributed by atoms with Crippen LogP contribution in [-0.2, 0) is 17.7 Å². The van der Waals surface area contributed by atoms with Crippen LogP contribution in [0.1, 0.15) is 32.9 Å². The molecule has 0 aliphatic carbocycles. The van der Waals surface area contributed by atoms with E-state index in [1.807, 2.05) is 0 Å². The number of nitrogen functional groups attached to an aromatic ring is 1. The lowest BCUT2D eigenvalue weighted by Crippen LogP contribution is -2.50. The van der Waals surface area contributed by atoms with Crippen molar-refractivity contribution in [1.82, 2.24) is 29.6 Å². The van der Waals surface area contributed by atoms with Crippen molar-refractivity contribution < 1.29 is 23.0 Å². The summed E-state index contributed by atoms with van der Waals surface area (Å²) >= 11 is 0. The summed E-state index contributed by atoms with van der Waals surface area (Å²) in [4.78, 5) is 28.1. The number of hydrogen-bond acceptors (Lipinski definition) is 8. The number of aromatic nitrogens is 5. The number of fused-ring (bicyclic) bond motifs is 2. The summed E-state index contributed by atoms with van der Waals surface area (Å²) in [6, 6.07) is 9.21. The van der Waals surface area contributed by atoms with E-state index in [-0.39, 0.29) is 23.0 Å². The van der Waals surface area contributed by atoms with Gasteiger partial charge >= 0.3 is 0 Å². The number of nitrogens with zero attached hydrogens (tertiary/aromatic N) is 5. The molecule has 0 unspecified atom stereocenters. The second-order valence-electron chi connectivity index (χ2n) is 10.3. The smallest absolute Gasteiger partial charge is 0.219 e. The summed E-state index contributed by atoms with van der Waals surface area (Å²) in [6.45, 7) is 5.02. The lowest BCUT2D eigenvalue weighted by atomic mass is 10.0. The Labute approximate surface area is 232 Å². The number of nitrogens with two attached hydrogens (primary N) is 1. The third-order valence-corrected chi connectivity index (χ3v) is 7.62. The van der Waals surface area contributed by atoms with Gasteiger partial charge in [0, 0.05) is 31.3 Å². The molecular formula is C29H25F2N7O3. The summed E-state index contributed by atoms with van der Waals surface area (Å²) in [5.41, 5.74) is 11.7. The van der Waals surface area contributed by atoms with E-state index in [4.69, 9.17) is 20.2 Å². The van der Waals surface area contributed by atoms with E-state index in [1.165, 1.54) is 29.2 Å². The number of para-hydroxylation sites is 1. The first-order valence-electron chi connectivity index (χ1n) is 13.2. The average molecular weight is 558 g/mol. The molecule has 0 saturated carbocycles. The molecule has 0 spiro atoms. The van der Waals surface area contributed by atoms with Crippen molar-refractivity contribution in [2.45, 2.75) is 25.9 Å². The number of ketones is 1. The molecule has 1 fully saturated rings. The molecule has 7 rings (SSSR count). The van der Waals surface area contributed by atoms with E-state index in [0.29, 0.717) is 23.0 Å². The van der Waals surface area contributed by atoms with Gasteiger partial charge < -0.3 is 20.2 Å². The zero-order valence-corrected chi connectivity index (χ0v) is 22.0. The van der Waals surface area contributed by atoms with Crippen molar-refractivity contribution in [3.63, 3.8) is 0 Å². The van der Waals surface area contributed by atoms with E-state index < -0.39 is 17.4 Å². The van der Waals surface area contributed by atoms with Crippen LogP contribution in [0.2, 0.25) is 0 Å². The second-order valence-corrected chi connectivity index (χ2v) is 10.3. The number of aryl methyl sites for hydroxylation is 1. The van der Waals surface area contributed by atoms with Gasteiger partial charge in [-0.2, -0.15) is 5.10 Å². The number of pyridine rings is 2. The van der Waals surface area contributed by atoms with Crippen LogP contribution in [0.25, 0.3) is 16.7 Å². The number of benzene rings is 1. The van der Waals surface area contributed by atoms with E-state index in [9.17, 15) is 13.6 Å². The van der Waals surface area contributed by atoms with Gasteiger partial charge in [0.25, 0.3) is 0 Å². The molecule has 10 nitrogen and oxygen atoms in total. The Morgan fingerprint density at radius 1 is 1.17 bits per heavy atom. The average Bonchev–Trinajstić information content (AvgIpc) is 3.51. The molecule has 0 amide bonds. The van der Waals surface area contributed by atoms with Crippen molar-refractivity contribution in [3.8, 4) is 17.3 Å². The van der Waals surface area contributed by atoms with Crippen LogP contribution in [0.5, 0.6) is 11.6 Å². The number of halogens is 2. The highest BCUT2D eigenvalue weighted by atomic mass is 19.1. The van der Waals surface area contributed by atoms with Gasteiger partial charge in [0.15, 0.2) is 11.6 Å². The quantitative estimate of drug-likeness (QED) is 0.299. The normalized spacial score (nSPS) is 15.6. The Morgan fingerprint density at radius 2 is 1.98 bits per heavy atom. The maximum atomic E-state index is 14.0. The number of ether oxygens (including phenoxy) is 2. The molecule has 1 saturated heterocycles. The molecule has 0 bridgehead atoms. The van der Waals surface area contributed by atoms with Crippen molar-refractivity contribution >= 4 is 22.6 Å². The van der Waals surface area contributed by atoms with Crippen LogP contribution in [0.15, 0.2) is 48.8 Å². The van der Waals surface area contributed by atoms with E-state index >= 15 is 0 Å². The summed E-state index contributed by atoms with van der Waals surface area (Å²) < 4.78 is 40.1. The Hall–Kier alpha value is -4.68. The summed E-state index contributed by atoms with van der Waals surface area (Å²) in [5, 5.41) is 4.32. The SMILES string of the molecule is Cc1cc(Oc2c(F)cccc2F)ncc1-n1ncc(C(=O)c2cc3nc4c(cc3[nH]2)CN(C2COC2)CC4)c1N. The van der Waals surface area contributed by atoms with Crippen molar-refractivity contribution in [2.75, 3.05) is 25.5 Å². The minimum Gasteiger partial charge on any atom is -0.433 e. The van der Waals surface area contributed by atoms with Crippen LogP contribution in [0, 0.1) is 18.6 Å². The van der Waals surface area contributed by atoms with Gasteiger partial charge in [0.2, 0.25) is 17.4 Å². The summed E-state index contributed by atoms with van der Waals surface area (Å²) in [5.74, 6) is -2.43. The Bertz CT molecular complexity index is 1810. The first-order chi connectivity index (χ1) is 19.9. The lowest BCUT2D eigenvalue weighted by molar-refractivity contribution is -0.0696. The molecule has 1 aromatic carbocycles. The van der Waals surface area contributed by atoms with Crippen molar-refractivity contribution in [2.24, 2.45) is 0 Å². The highest BCUT2D eigenvalue weighted by Crippen LogP contribution is 2.30. The number of hydrogen-bond donors (Lipinski definition) is 2. The molecular weight excluding hydrogens is 532 g/mol. The van der Waals surface area contributed by atoms with Gasteiger partial charge in [0.05, 0.1) is 59.6 Å². The number of anilines is 1. The predicted octanol–water partition coefficient (Wildman–Crippen LogP) is 4.09. The first kappa shape index (κ1) is 25.3. The van der Waals surface area contributed by atoms with E-state index in [1.54, 1.807) is 13.0 Å². The maximum absolute atomic E-state index is 14.0. The van der Waals surface area contributed by atoms with Gasteiger partial charge in [-0.3, -0.25) is 14.7 Å². The van der Waals surface area contributed by atoms with Crippen LogP contribution < -0.4 is 10.5 Å². The number of rotatable bonds is 6. The predicted molar refractivity (Wildman–Crippen MR) is 145 cm³/mol. The van der Waals surface area contributed by atoms with Crippen LogP contribution >= 0.6 is 0 Å². The number of carbonyl (C=O) groups excluding carboxylic acids is 1. The molecule has 12 heteroatoms. The number of nitrogens with one attached hydrogen (secondary N) is 1. The third kappa shape index (κ3) is 4.41. The molecule has 3 N–H and O–H groups in total. The molecule has 208 valence electrons. The fraction of sp³-hybridized carbons (Fsp3) is 0.241. The maximum Gasteiger partial charge on any atom is 0.219 e. The van der Waals surface area contributed by atoms with E-state index in [2.05, 4.69) is 26.0 Å². The number of H-pyrrole nitrogens is 1. The summed E-state index contributed by atoms with van der Waals surface area (Å²) in [6.07, 6.45) is 3.67. The highest BCUT2D eigenvalue weighted by molar-refractivity contribution is 6.12. The zero-order chi connectivity index (χ0) is 28.2. The van der Waals surface area contributed by atoms with E-state index in [0.717, 1.165) is 67.1 Å². The van der Waals surface area contributed by atoms with Gasteiger partial charge in [-0.15, -0.1) is 0 Å². The number of aromatic amines is 1. The molecule has 4 aromatic heterocycles. The Morgan fingerprint density at radius 3 is 2.71 bits per heavy atom. The van der Waals surface area contributed by atoms with Crippen molar-refractivity contribution in [1.29, 1.82) is 0 Å². The largest absolute Gasteiger partial charge is 0.433 e. The standard InChI is InChI=1S/C29H25F2N7O3/c1-15-7-26(41-28-19(30)3-2-4-20(28)31)33-11-25(15)38-29(32)18(10-34-38)27(39)24-9-23-22(36-24)8-16-12-37(17-13-40-14-17)6-5-21(16)35-23/h2-4,7-11,17,36H,5-6,12-14,32H2,1H3. The van der Waals surface area contributed by atoms with Gasteiger partial charge in [0.1, 0.15) is 5.82 Å². The van der Waals surface area contributed by atoms with Gasteiger partial charge in [-0.05, 0) is 42.3 Å². The number of carbonyl (C=O) groups is 1. The monoisotopic (exact) mass is 557 g/mol. The fourth-order valence-corrected chi connectivity index (χ4v) is 5.26. The molecule has 5 aromatic rings. The van der Waals surface area contributed by atoms with Gasteiger partial charge in [-0.25, -0.2) is 18.4 Å². The molecule has 2 aliphatic rings. The topological polar surface area (TPSA) is 124 Å². The molecule has 0 radical (unpaired) electrons. The van der Waals surface area contributed by atoms with Crippen LogP contribution in [0.4, 0.5) is 14.6 Å². The molecule has 2 aliphatic heterocycles. The zero-order valence-electron chi connectivity index (χ0n) is 22.0. The highest BCUT2D eigenvalue weighted by Gasteiger charge is 2.30.